The number of aryl methyl sites for hydroxylation is 2. The van der Waals surface area contributed by atoms with E-state index < -0.39 is 5.82 Å². The van der Waals surface area contributed by atoms with Gasteiger partial charge in [-0.05, 0) is 39.9 Å². The highest BCUT2D eigenvalue weighted by Gasteiger charge is 2.23. The van der Waals surface area contributed by atoms with Gasteiger partial charge in [0, 0.05) is 30.1 Å². The molecule has 0 radical (unpaired) electrons. The van der Waals surface area contributed by atoms with Gasteiger partial charge in [-0.2, -0.15) is 5.10 Å². The Balaban J connectivity index is 1.59. The summed E-state index contributed by atoms with van der Waals surface area (Å²) in [6, 6.07) is 1.83. The van der Waals surface area contributed by atoms with E-state index in [1.807, 2.05) is 29.3 Å². The Morgan fingerprint density at radius 1 is 1.13 bits per heavy atom. The van der Waals surface area contributed by atoms with Crippen LogP contribution in [0.5, 0.6) is 0 Å². The highest BCUT2D eigenvalue weighted by Crippen LogP contribution is 2.27. The zero-order valence-corrected chi connectivity index (χ0v) is 17.2. The van der Waals surface area contributed by atoms with Gasteiger partial charge >= 0.3 is 0 Å². The quantitative estimate of drug-likeness (QED) is 0.519. The van der Waals surface area contributed by atoms with Crippen LogP contribution in [0.1, 0.15) is 29.5 Å². The molecular weight excluding hydrogens is 383 g/mol. The van der Waals surface area contributed by atoms with Crippen LogP contribution >= 0.6 is 0 Å². The molecule has 0 N–H and O–H groups in total. The number of likely N-dealkylation sites (tertiary alicyclic amines) is 1. The van der Waals surface area contributed by atoms with Crippen molar-refractivity contribution in [2.45, 2.75) is 32.9 Å². The molecule has 4 aromatic rings. The van der Waals surface area contributed by atoms with Gasteiger partial charge in [-0.25, -0.2) is 19.3 Å². The lowest BCUT2D eigenvalue weighted by Crippen LogP contribution is -2.16. The van der Waals surface area contributed by atoms with E-state index in [1.54, 1.807) is 6.20 Å². The Morgan fingerprint density at radius 2 is 2.00 bits per heavy atom. The molecule has 30 heavy (non-hydrogen) atoms. The monoisotopic (exact) mass is 406 g/mol. The summed E-state index contributed by atoms with van der Waals surface area (Å²) in [7, 11) is 2.13. The second kappa shape index (κ2) is 7.24. The van der Waals surface area contributed by atoms with E-state index in [4.69, 9.17) is 4.98 Å². The van der Waals surface area contributed by atoms with Gasteiger partial charge in [0.25, 0.3) is 0 Å². The lowest BCUT2D eigenvalue weighted by molar-refractivity contribution is 0.382. The predicted octanol–water partition coefficient (Wildman–Crippen LogP) is 2.77. The number of hydrogen-bond acceptors (Lipinski definition) is 6. The van der Waals surface area contributed by atoms with E-state index in [9.17, 15) is 4.39 Å². The summed E-state index contributed by atoms with van der Waals surface area (Å²) in [5.41, 5.74) is 3.89. The average molecular weight is 406 g/mol. The number of hydrogen-bond donors (Lipinski definition) is 0. The second-order valence-electron chi connectivity index (χ2n) is 7.98. The second-order valence-corrected chi connectivity index (χ2v) is 7.98. The topological polar surface area (TPSA) is 77.5 Å². The van der Waals surface area contributed by atoms with Crippen molar-refractivity contribution in [2.75, 3.05) is 20.1 Å². The van der Waals surface area contributed by atoms with Gasteiger partial charge in [0.15, 0.2) is 5.65 Å². The molecule has 1 fully saturated rings. The molecular formula is C21H23FN8. The number of halogens is 1. The molecule has 5 heterocycles. The average Bonchev–Trinajstić information content (AvgIpc) is 3.42. The van der Waals surface area contributed by atoms with Crippen LogP contribution < -0.4 is 0 Å². The van der Waals surface area contributed by atoms with Gasteiger partial charge in [0.1, 0.15) is 23.0 Å². The first-order valence-electron chi connectivity index (χ1n) is 10.0. The zero-order valence-electron chi connectivity index (χ0n) is 17.2. The maximum absolute atomic E-state index is 13.9. The molecule has 0 spiro atoms. The summed E-state index contributed by atoms with van der Waals surface area (Å²) in [6.45, 7) is 6.39. The van der Waals surface area contributed by atoms with Crippen LogP contribution in [0.2, 0.25) is 0 Å². The largest absolute Gasteiger partial charge is 0.304 e. The van der Waals surface area contributed by atoms with Crippen molar-refractivity contribution >= 4 is 11.2 Å². The SMILES string of the molecule is Cc1nc(C)c2nc(-c3cncc(F)c3)n(Cc3cnn(C4CCN(C)C4)c3)c2n1. The molecule has 0 bridgehead atoms. The standard InChI is InChI=1S/C21H23FN8/c1-13-19-21(26-14(2)25-13)29(20(27-19)16-6-17(22)9-23-8-16)10-15-7-24-30(11-15)18-4-5-28(3)12-18/h6-9,11,18H,4-5,10,12H2,1-3H3. The third kappa shape index (κ3) is 3.35. The Kier molecular flexibility index (Phi) is 4.54. The first kappa shape index (κ1) is 18.8. The van der Waals surface area contributed by atoms with Gasteiger partial charge in [0.2, 0.25) is 0 Å². The Morgan fingerprint density at radius 3 is 2.77 bits per heavy atom. The fourth-order valence-electron chi connectivity index (χ4n) is 4.15. The highest BCUT2D eigenvalue weighted by molar-refractivity contribution is 5.79. The first-order valence-corrected chi connectivity index (χ1v) is 10.0. The van der Waals surface area contributed by atoms with Crippen molar-refractivity contribution in [3.63, 3.8) is 0 Å². The van der Waals surface area contributed by atoms with Crippen LogP contribution in [0, 0.1) is 19.7 Å². The number of aromatic nitrogens is 7. The maximum Gasteiger partial charge on any atom is 0.164 e. The summed E-state index contributed by atoms with van der Waals surface area (Å²) in [6.07, 6.45) is 7.88. The summed E-state index contributed by atoms with van der Waals surface area (Å²) < 4.78 is 17.9. The van der Waals surface area contributed by atoms with E-state index in [0.717, 1.165) is 36.4 Å². The summed E-state index contributed by atoms with van der Waals surface area (Å²) in [5, 5.41) is 4.60. The van der Waals surface area contributed by atoms with Gasteiger partial charge in [-0.3, -0.25) is 9.67 Å². The van der Waals surface area contributed by atoms with E-state index >= 15 is 0 Å². The van der Waals surface area contributed by atoms with Crippen molar-refractivity contribution in [2.24, 2.45) is 0 Å². The molecule has 154 valence electrons. The van der Waals surface area contributed by atoms with E-state index in [-0.39, 0.29) is 0 Å². The highest BCUT2D eigenvalue weighted by atomic mass is 19.1. The normalized spacial score (nSPS) is 17.3. The third-order valence-electron chi connectivity index (χ3n) is 5.58. The van der Waals surface area contributed by atoms with E-state index in [1.165, 1.54) is 12.3 Å². The minimum atomic E-state index is -0.400. The smallest absolute Gasteiger partial charge is 0.164 e. The maximum atomic E-state index is 13.9. The number of pyridine rings is 1. The lowest BCUT2D eigenvalue weighted by Gasteiger charge is -2.11. The van der Waals surface area contributed by atoms with E-state index in [2.05, 4.69) is 38.2 Å². The van der Waals surface area contributed by atoms with Crippen molar-refractivity contribution in [3.05, 3.63) is 53.8 Å². The Hall–Kier alpha value is -3.20. The van der Waals surface area contributed by atoms with Crippen molar-refractivity contribution in [1.82, 2.24) is 39.2 Å². The van der Waals surface area contributed by atoms with Crippen LogP contribution in [0.15, 0.2) is 30.9 Å². The molecule has 1 saturated heterocycles. The fraction of sp³-hybridized carbons (Fsp3) is 0.381. The van der Waals surface area contributed by atoms with Crippen LogP contribution in [0.4, 0.5) is 4.39 Å². The minimum absolute atomic E-state index is 0.391. The molecule has 0 saturated carbocycles. The fourth-order valence-corrected chi connectivity index (χ4v) is 4.15. The van der Waals surface area contributed by atoms with Gasteiger partial charge in [-0.15, -0.1) is 0 Å². The molecule has 0 aromatic carbocycles. The van der Waals surface area contributed by atoms with Gasteiger partial charge in [0.05, 0.1) is 30.7 Å². The van der Waals surface area contributed by atoms with Crippen molar-refractivity contribution in [3.8, 4) is 11.4 Å². The summed E-state index contributed by atoms with van der Waals surface area (Å²) >= 11 is 0. The molecule has 1 unspecified atom stereocenters. The number of fused-ring (bicyclic) bond motifs is 1. The van der Waals surface area contributed by atoms with Crippen molar-refractivity contribution < 1.29 is 4.39 Å². The summed E-state index contributed by atoms with van der Waals surface area (Å²) in [4.78, 5) is 20.1. The van der Waals surface area contributed by atoms with Gasteiger partial charge < -0.3 is 9.47 Å². The zero-order chi connectivity index (χ0) is 20.8. The minimum Gasteiger partial charge on any atom is -0.304 e. The molecule has 0 aliphatic carbocycles. The number of imidazole rings is 1. The lowest BCUT2D eigenvalue weighted by atomic mass is 10.2. The van der Waals surface area contributed by atoms with E-state index in [0.29, 0.717) is 35.3 Å². The molecule has 1 atom stereocenters. The van der Waals surface area contributed by atoms with Crippen LogP contribution in [-0.2, 0) is 6.54 Å². The Bertz CT molecular complexity index is 1230. The Labute approximate surface area is 173 Å². The molecule has 4 aromatic heterocycles. The molecule has 8 nitrogen and oxygen atoms in total. The number of nitrogens with zero attached hydrogens (tertiary/aromatic N) is 8. The molecule has 9 heteroatoms. The molecule has 1 aliphatic heterocycles. The third-order valence-corrected chi connectivity index (χ3v) is 5.58. The summed E-state index contributed by atoms with van der Waals surface area (Å²) in [5.74, 6) is 0.895. The first-order chi connectivity index (χ1) is 14.5. The van der Waals surface area contributed by atoms with Crippen LogP contribution in [0.3, 0.4) is 0 Å². The van der Waals surface area contributed by atoms with Crippen molar-refractivity contribution in [1.29, 1.82) is 0 Å². The van der Waals surface area contributed by atoms with Crippen LogP contribution in [0.25, 0.3) is 22.6 Å². The number of rotatable bonds is 4. The molecule has 1 aliphatic rings. The molecule has 0 amide bonds. The molecule has 5 rings (SSSR count). The predicted molar refractivity (Wildman–Crippen MR) is 110 cm³/mol. The van der Waals surface area contributed by atoms with Crippen LogP contribution in [-0.4, -0.2) is 59.3 Å². The van der Waals surface area contributed by atoms with Gasteiger partial charge in [-0.1, -0.05) is 0 Å². The number of likely N-dealkylation sites (N-methyl/N-ethyl adjacent to an activating group) is 1.